The van der Waals surface area contributed by atoms with Gasteiger partial charge in [-0.3, -0.25) is 0 Å². The number of methoxy groups -OCH3 is 1. The predicted molar refractivity (Wildman–Crippen MR) is 86.0 cm³/mol. The Morgan fingerprint density at radius 2 is 1.73 bits per heavy atom. The molecular weight excluding hydrogens is 357 g/mol. The molecule has 2 aromatic rings. The molecule has 26 heavy (non-hydrogen) atoms. The second-order valence-corrected chi connectivity index (χ2v) is 5.74. The first kappa shape index (κ1) is 20.1. The van der Waals surface area contributed by atoms with Crippen LogP contribution in [0.5, 0.6) is 5.75 Å². The molecule has 0 aliphatic carbocycles. The van der Waals surface area contributed by atoms with Crippen LogP contribution in [-0.4, -0.2) is 30.6 Å². The molecular formula is C18H18F5NO2. The summed E-state index contributed by atoms with van der Waals surface area (Å²) in [5.74, 6) is -9.67. The SMILES string of the molecule is COc1ccc(CNCC(F)(F)C(F)(F)C(O)c2cccc(F)c2)cc1. The van der Waals surface area contributed by atoms with E-state index in [1.165, 1.54) is 7.11 Å². The molecule has 142 valence electrons. The molecule has 2 aromatic carbocycles. The average molecular weight is 375 g/mol. The minimum Gasteiger partial charge on any atom is -0.497 e. The fourth-order valence-corrected chi connectivity index (χ4v) is 2.31. The molecule has 0 spiro atoms. The largest absolute Gasteiger partial charge is 0.497 e. The van der Waals surface area contributed by atoms with Gasteiger partial charge in [-0.05, 0) is 35.4 Å². The summed E-state index contributed by atoms with van der Waals surface area (Å²) in [6.45, 7) is -1.44. The van der Waals surface area contributed by atoms with E-state index in [4.69, 9.17) is 4.74 Å². The Labute approximate surface area is 147 Å². The van der Waals surface area contributed by atoms with Crippen molar-refractivity contribution in [2.24, 2.45) is 0 Å². The smallest absolute Gasteiger partial charge is 0.340 e. The minimum absolute atomic E-state index is 0.0777. The first-order valence-electron chi connectivity index (χ1n) is 7.70. The fourth-order valence-electron chi connectivity index (χ4n) is 2.31. The highest BCUT2D eigenvalue weighted by atomic mass is 19.3. The number of nitrogens with one attached hydrogen (secondary N) is 1. The van der Waals surface area contributed by atoms with Crippen molar-refractivity contribution >= 4 is 0 Å². The van der Waals surface area contributed by atoms with E-state index in [0.717, 1.165) is 18.2 Å². The minimum atomic E-state index is -4.78. The number of alkyl halides is 4. The van der Waals surface area contributed by atoms with Crippen molar-refractivity contribution in [1.82, 2.24) is 5.32 Å². The zero-order valence-corrected chi connectivity index (χ0v) is 13.9. The molecule has 0 aliphatic heterocycles. The summed E-state index contributed by atoms with van der Waals surface area (Å²) in [5, 5.41) is 11.9. The summed E-state index contributed by atoms with van der Waals surface area (Å²) >= 11 is 0. The van der Waals surface area contributed by atoms with Gasteiger partial charge in [0, 0.05) is 6.54 Å². The quantitative estimate of drug-likeness (QED) is 0.687. The van der Waals surface area contributed by atoms with Crippen LogP contribution in [0.25, 0.3) is 0 Å². The van der Waals surface area contributed by atoms with E-state index < -0.39 is 35.9 Å². The molecule has 1 atom stereocenters. The Morgan fingerprint density at radius 1 is 1.08 bits per heavy atom. The van der Waals surface area contributed by atoms with Crippen LogP contribution in [0.2, 0.25) is 0 Å². The molecule has 8 heteroatoms. The summed E-state index contributed by atoms with van der Waals surface area (Å²) in [6, 6.07) is 10.00. The molecule has 0 heterocycles. The highest BCUT2D eigenvalue weighted by Gasteiger charge is 2.60. The van der Waals surface area contributed by atoms with Crippen molar-refractivity contribution in [3.8, 4) is 5.75 Å². The summed E-state index contributed by atoms with van der Waals surface area (Å²) in [6.07, 6.45) is -2.84. The van der Waals surface area contributed by atoms with Gasteiger partial charge in [-0.15, -0.1) is 0 Å². The number of benzene rings is 2. The van der Waals surface area contributed by atoms with E-state index in [0.29, 0.717) is 17.4 Å². The van der Waals surface area contributed by atoms with E-state index in [1.54, 1.807) is 24.3 Å². The number of aliphatic hydroxyl groups is 1. The third-order valence-corrected chi connectivity index (χ3v) is 3.83. The fraction of sp³-hybridized carbons (Fsp3) is 0.333. The Bertz CT molecular complexity index is 722. The predicted octanol–water partition coefficient (Wildman–Crippen LogP) is 3.93. The Balaban J connectivity index is 2.01. The molecule has 0 aromatic heterocycles. The van der Waals surface area contributed by atoms with Crippen LogP contribution in [0.4, 0.5) is 22.0 Å². The molecule has 0 saturated heterocycles. The van der Waals surface area contributed by atoms with E-state index in [1.807, 2.05) is 0 Å². The third-order valence-electron chi connectivity index (χ3n) is 3.83. The first-order chi connectivity index (χ1) is 12.2. The Kier molecular flexibility index (Phi) is 6.20. The van der Waals surface area contributed by atoms with Crippen molar-refractivity contribution in [2.75, 3.05) is 13.7 Å². The van der Waals surface area contributed by atoms with E-state index in [2.05, 4.69) is 5.32 Å². The molecule has 0 amide bonds. The second kappa shape index (κ2) is 8.01. The molecule has 0 aliphatic rings. The van der Waals surface area contributed by atoms with Crippen LogP contribution in [0.3, 0.4) is 0 Å². The highest BCUT2D eigenvalue weighted by molar-refractivity contribution is 5.27. The van der Waals surface area contributed by atoms with Crippen LogP contribution in [0, 0.1) is 5.82 Å². The summed E-state index contributed by atoms with van der Waals surface area (Å²) in [4.78, 5) is 0. The maximum Gasteiger partial charge on any atom is 0.340 e. The first-order valence-corrected chi connectivity index (χ1v) is 7.70. The molecule has 0 fully saturated rings. The van der Waals surface area contributed by atoms with Gasteiger partial charge in [-0.25, -0.2) is 4.39 Å². The van der Waals surface area contributed by atoms with Gasteiger partial charge in [-0.2, -0.15) is 17.6 Å². The van der Waals surface area contributed by atoms with Gasteiger partial charge in [0.05, 0.1) is 13.7 Å². The zero-order valence-electron chi connectivity index (χ0n) is 13.9. The molecule has 0 radical (unpaired) electrons. The monoisotopic (exact) mass is 375 g/mol. The van der Waals surface area contributed by atoms with Gasteiger partial charge < -0.3 is 15.2 Å². The Morgan fingerprint density at radius 3 is 2.31 bits per heavy atom. The van der Waals surface area contributed by atoms with Gasteiger partial charge in [0.1, 0.15) is 17.7 Å². The maximum atomic E-state index is 14.1. The lowest BCUT2D eigenvalue weighted by molar-refractivity contribution is -0.252. The highest BCUT2D eigenvalue weighted by Crippen LogP contribution is 2.43. The topological polar surface area (TPSA) is 41.5 Å². The van der Waals surface area contributed by atoms with Crippen molar-refractivity contribution in [3.63, 3.8) is 0 Å². The molecule has 2 N–H and O–H groups in total. The molecule has 1 unspecified atom stereocenters. The van der Waals surface area contributed by atoms with Gasteiger partial charge >= 0.3 is 11.8 Å². The van der Waals surface area contributed by atoms with Crippen molar-refractivity contribution in [1.29, 1.82) is 0 Å². The second-order valence-electron chi connectivity index (χ2n) is 5.74. The number of rotatable bonds is 8. The number of hydrogen-bond acceptors (Lipinski definition) is 3. The number of ether oxygens (including phenoxy) is 1. The van der Waals surface area contributed by atoms with Gasteiger partial charge in [-0.1, -0.05) is 24.3 Å². The summed E-state index contributed by atoms with van der Waals surface area (Å²) in [7, 11) is 1.47. The van der Waals surface area contributed by atoms with Crippen LogP contribution in [0.15, 0.2) is 48.5 Å². The van der Waals surface area contributed by atoms with Crippen molar-refractivity contribution in [2.45, 2.75) is 24.5 Å². The average Bonchev–Trinajstić information content (AvgIpc) is 2.61. The van der Waals surface area contributed by atoms with Crippen LogP contribution >= 0.6 is 0 Å². The summed E-state index contributed by atoms with van der Waals surface area (Å²) < 4.78 is 74.1. The van der Waals surface area contributed by atoms with Crippen LogP contribution in [-0.2, 0) is 6.54 Å². The Hall–Kier alpha value is -2.19. The zero-order chi connectivity index (χ0) is 19.4. The molecule has 3 nitrogen and oxygen atoms in total. The third kappa shape index (κ3) is 4.50. The van der Waals surface area contributed by atoms with Crippen LogP contribution < -0.4 is 10.1 Å². The lowest BCUT2D eigenvalue weighted by atomic mass is 9.98. The number of halogens is 5. The van der Waals surface area contributed by atoms with Gasteiger partial charge in [0.25, 0.3) is 0 Å². The molecule has 2 rings (SSSR count). The number of aliphatic hydroxyl groups excluding tert-OH is 1. The van der Waals surface area contributed by atoms with E-state index in [-0.39, 0.29) is 6.54 Å². The molecule has 0 saturated carbocycles. The summed E-state index contributed by atoms with van der Waals surface area (Å²) in [5.41, 5.74) is -0.0274. The van der Waals surface area contributed by atoms with E-state index in [9.17, 15) is 27.1 Å². The van der Waals surface area contributed by atoms with Gasteiger partial charge in [0.2, 0.25) is 0 Å². The normalized spacial score (nSPS) is 13.5. The number of hydrogen-bond donors (Lipinski definition) is 2. The van der Waals surface area contributed by atoms with E-state index >= 15 is 0 Å². The standard InChI is InChI=1S/C18H18F5NO2/c1-26-15-7-5-12(6-8-15)10-24-11-17(20,21)18(22,23)16(25)13-3-2-4-14(19)9-13/h2-9,16,24-25H,10-11H2,1H3. The molecule has 0 bridgehead atoms. The maximum absolute atomic E-state index is 14.1. The van der Waals surface area contributed by atoms with Crippen LogP contribution in [0.1, 0.15) is 17.2 Å². The van der Waals surface area contributed by atoms with Crippen molar-refractivity contribution in [3.05, 3.63) is 65.5 Å². The van der Waals surface area contributed by atoms with Crippen molar-refractivity contribution < 1.29 is 31.8 Å². The lowest BCUT2D eigenvalue weighted by Gasteiger charge is -2.30. The van der Waals surface area contributed by atoms with Gasteiger partial charge in [0.15, 0.2) is 0 Å². The lowest BCUT2D eigenvalue weighted by Crippen LogP contribution is -2.51.